The first-order valence-corrected chi connectivity index (χ1v) is 25.3. The van der Waals surface area contributed by atoms with Crippen molar-refractivity contribution >= 4 is 41.4 Å². The molecule has 0 saturated heterocycles. The Hall–Kier alpha value is -5.89. The van der Waals surface area contributed by atoms with Crippen molar-refractivity contribution in [2.24, 2.45) is 0 Å². The van der Waals surface area contributed by atoms with Crippen molar-refractivity contribution in [3.8, 4) is 44.5 Å². The van der Waals surface area contributed by atoms with Gasteiger partial charge in [0.2, 0.25) is 0 Å². The average Bonchev–Trinajstić information content (AvgIpc) is 3.94. The zero-order valence-electron chi connectivity index (χ0n) is 38.3. The molecule has 8 aromatic carbocycles. The number of allylic oxidation sites excluding steroid dienone is 2. The number of fused-ring (bicyclic) bond motifs is 16. The van der Waals surface area contributed by atoms with Gasteiger partial charge in [0.15, 0.2) is 0 Å². The SMILES string of the molecule is CC1(C)c2cc(C3=CC=C(c4ccc5c(c4)C(C)(C)c4cc6c(cc4-5)C(C)(C)c4ccc5ccccc5c4-6)S3(C)C)ccc2-c2cc3c(cc21)-c1c(ccc2ccccc12)C3(C)C. The lowest BCUT2D eigenvalue weighted by Gasteiger charge is -2.35. The Labute approximate surface area is 374 Å². The molecule has 0 atom stereocenters. The summed E-state index contributed by atoms with van der Waals surface area (Å²) in [6.07, 6.45) is 9.92. The fraction of sp³-hybridized carbons (Fsp3) is 0.226. The highest BCUT2D eigenvalue weighted by Crippen LogP contribution is 2.68. The van der Waals surface area contributed by atoms with Crippen LogP contribution >= 0.6 is 10.0 Å². The van der Waals surface area contributed by atoms with Crippen LogP contribution in [0.3, 0.4) is 0 Å². The molecular weight excluding hydrogens is 777 g/mol. The molecule has 1 heteroatoms. The Balaban J connectivity index is 0.850. The third kappa shape index (κ3) is 4.59. The van der Waals surface area contributed by atoms with Crippen molar-refractivity contribution in [3.63, 3.8) is 0 Å². The lowest BCUT2D eigenvalue weighted by molar-refractivity contribution is 0.652. The maximum atomic E-state index is 2.57. The monoisotopic (exact) mass is 830 g/mol. The zero-order valence-corrected chi connectivity index (χ0v) is 39.1. The minimum absolute atomic E-state index is 0.0607. The molecular formula is C62H54S. The van der Waals surface area contributed by atoms with Crippen molar-refractivity contribution in [1.82, 2.24) is 0 Å². The first-order chi connectivity index (χ1) is 30.0. The summed E-state index contributed by atoms with van der Waals surface area (Å²) >= 11 is 0. The van der Waals surface area contributed by atoms with Gasteiger partial charge in [0.05, 0.1) is 0 Å². The second-order valence-corrected chi connectivity index (χ2v) is 25.2. The van der Waals surface area contributed by atoms with Gasteiger partial charge in [0.25, 0.3) is 0 Å². The van der Waals surface area contributed by atoms with Gasteiger partial charge in [0.1, 0.15) is 0 Å². The van der Waals surface area contributed by atoms with Gasteiger partial charge in [-0.2, -0.15) is 10.0 Å². The van der Waals surface area contributed by atoms with E-state index < -0.39 is 10.0 Å². The predicted molar refractivity (Wildman–Crippen MR) is 274 cm³/mol. The first kappa shape index (κ1) is 37.6. The van der Waals surface area contributed by atoms with Crippen molar-refractivity contribution in [3.05, 3.63) is 201 Å². The van der Waals surface area contributed by atoms with E-state index in [9.17, 15) is 0 Å². The average molecular weight is 831 g/mol. The number of hydrogen-bond acceptors (Lipinski definition) is 0. The third-order valence-corrected chi connectivity index (χ3v) is 19.7. The van der Waals surface area contributed by atoms with Crippen LogP contribution < -0.4 is 0 Å². The summed E-state index contributed by atoms with van der Waals surface area (Å²) in [5, 5.41) is 5.36. The first-order valence-electron chi connectivity index (χ1n) is 22.9. The van der Waals surface area contributed by atoms with E-state index in [0.717, 1.165) is 0 Å². The summed E-state index contributed by atoms with van der Waals surface area (Å²) in [4.78, 5) is 2.95. The smallest absolute Gasteiger partial charge is 0.0159 e. The van der Waals surface area contributed by atoms with Crippen LogP contribution in [-0.4, -0.2) is 12.5 Å². The van der Waals surface area contributed by atoms with E-state index >= 15 is 0 Å². The second-order valence-electron chi connectivity index (χ2n) is 21.7. The summed E-state index contributed by atoms with van der Waals surface area (Å²) in [7, 11) is -1.31. The lowest BCUT2D eigenvalue weighted by Crippen LogP contribution is -2.17. The van der Waals surface area contributed by atoms with E-state index in [0.29, 0.717) is 0 Å². The van der Waals surface area contributed by atoms with Crippen molar-refractivity contribution < 1.29 is 0 Å². The zero-order chi connectivity index (χ0) is 43.3. The number of rotatable bonds is 2. The van der Waals surface area contributed by atoms with Crippen LogP contribution in [0.15, 0.2) is 146 Å². The molecule has 8 aromatic rings. The predicted octanol–water partition coefficient (Wildman–Crippen LogP) is 16.7. The van der Waals surface area contributed by atoms with Gasteiger partial charge in [0, 0.05) is 31.5 Å². The molecule has 1 aliphatic heterocycles. The van der Waals surface area contributed by atoms with Crippen molar-refractivity contribution in [2.45, 2.75) is 77.0 Å². The number of hydrogen-bond donors (Lipinski definition) is 0. The maximum Gasteiger partial charge on any atom is 0.0159 e. The summed E-state index contributed by atoms with van der Waals surface area (Å²) in [6.45, 7) is 19.5. The Morgan fingerprint density at radius 2 is 0.667 bits per heavy atom. The molecule has 0 radical (unpaired) electrons. The van der Waals surface area contributed by atoms with Gasteiger partial charge in [-0.25, -0.2) is 0 Å². The third-order valence-electron chi connectivity index (χ3n) is 16.8. The van der Waals surface area contributed by atoms with Crippen LogP contribution in [0.25, 0.3) is 75.9 Å². The van der Waals surface area contributed by atoms with Crippen LogP contribution in [0.5, 0.6) is 0 Å². The quantitative estimate of drug-likeness (QED) is 0.163. The van der Waals surface area contributed by atoms with E-state index in [2.05, 4.69) is 214 Å². The summed E-state index contributed by atoms with van der Waals surface area (Å²) in [6, 6.07) is 52.3. The maximum absolute atomic E-state index is 2.57. The van der Waals surface area contributed by atoms with Gasteiger partial charge in [-0.1, -0.05) is 152 Å². The minimum atomic E-state index is -1.31. The van der Waals surface area contributed by atoms with Crippen LogP contribution in [0.2, 0.25) is 0 Å². The fourth-order valence-electron chi connectivity index (χ4n) is 13.2. The highest BCUT2D eigenvalue weighted by Gasteiger charge is 2.45. The molecule has 0 unspecified atom stereocenters. The standard InChI is InChI=1S/C62H54S/c1-59(2)47-25-21-35-15-11-13-17-39(35)57(47)45-33-51-43(31-53(45)59)41-23-19-37(29-49(41)61(51,5)6)55-27-28-56(63(55,9)10)38-20-24-42-44-32-54-46(34-52(44)62(7,8)50(42)30-38)58-40-18-14-12-16-36(40)22-26-48(58)60(54,3)4/h11-34H,1-10H3. The van der Waals surface area contributed by atoms with Gasteiger partial charge < -0.3 is 0 Å². The molecule has 0 spiro atoms. The molecule has 4 aliphatic carbocycles. The molecule has 0 N–H and O–H groups in total. The molecule has 0 saturated carbocycles. The topological polar surface area (TPSA) is 0 Å². The Bertz CT molecular complexity index is 3290. The van der Waals surface area contributed by atoms with Crippen LogP contribution in [0.1, 0.15) is 111 Å². The molecule has 13 rings (SSSR count). The summed E-state index contributed by atoms with van der Waals surface area (Å²) in [5.41, 5.74) is 25.2. The molecule has 0 aromatic heterocycles. The normalized spacial score (nSPS) is 19.3. The molecule has 5 aliphatic rings. The van der Waals surface area contributed by atoms with E-state index in [1.165, 1.54) is 131 Å². The molecule has 0 bridgehead atoms. The highest BCUT2D eigenvalue weighted by molar-refractivity contribution is 8.47. The molecule has 0 fully saturated rings. The van der Waals surface area contributed by atoms with Gasteiger partial charge in [-0.3, -0.25) is 0 Å². The molecule has 0 nitrogen and oxygen atoms in total. The lowest BCUT2D eigenvalue weighted by atomic mass is 9.79. The van der Waals surface area contributed by atoms with Crippen molar-refractivity contribution in [2.75, 3.05) is 12.5 Å². The Morgan fingerprint density at radius 1 is 0.317 bits per heavy atom. The number of benzene rings is 8. The van der Waals surface area contributed by atoms with Gasteiger partial charge >= 0.3 is 0 Å². The van der Waals surface area contributed by atoms with Gasteiger partial charge in [-0.15, -0.1) is 0 Å². The van der Waals surface area contributed by atoms with E-state index in [-0.39, 0.29) is 21.7 Å². The summed E-state index contributed by atoms with van der Waals surface area (Å²) in [5.74, 6) is 0. The minimum Gasteiger partial charge on any atom is -0.192 e. The van der Waals surface area contributed by atoms with Crippen LogP contribution in [0, 0.1) is 0 Å². The van der Waals surface area contributed by atoms with Gasteiger partial charge in [-0.05, 0) is 183 Å². The van der Waals surface area contributed by atoms with Crippen LogP contribution in [0.4, 0.5) is 0 Å². The Morgan fingerprint density at radius 3 is 1.10 bits per heavy atom. The summed E-state index contributed by atoms with van der Waals surface area (Å²) < 4.78 is 0. The Kier molecular flexibility index (Phi) is 7.06. The highest BCUT2D eigenvalue weighted by atomic mass is 32.3. The molecule has 308 valence electrons. The largest absolute Gasteiger partial charge is 0.192 e. The van der Waals surface area contributed by atoms with E-state index in [1.807, 2.05) is 0 Å². The molecule has 0 amide bonds. The second kappa shape index (κ2) is 11.8. The molecule has 63 heavy (non-hydrogen) atoms. The van der Waals surface area contributed by atoms with E-state index in [4.69, 9.17) is 0 Å². The van der Waals surface area contributed by atoms with E-state index in [1.54, 1.807) is 0 Å². The van der Waals surface area contributed by atoms with Crippen LogP contribution in [-0.2, 0) is 21.7 Å². The molecule has 1 heterocycles. The fourth-order valence-corrected chi connectivity index (χ4v) is 15.6. The van der Waals surface area contributed by atoms with Crippen molar-refractivity contribution in [1.29, 1.82) is 0 Å².